The molecule has 0 aliphatic heterocycles. The van der Waals surface area contributed by atoms with Crippen molar-refractivity contribution in [2.45, 2.75) is 22.1 Å². The standard InChI is InChI=1S/C64H52O6P2S/c65-63(69-71(53-33-13-3-14-34-53,54-35-15-4-16-36-54,55-37-17-5-18-38-55)49-51-29-9-1-10-30-51)59-45-25-27-47-61(59)73(67,68)62-48-28-26-46-60(62)64(66)70-72(56-39-19-6-20-40-56,57-41-21-7-22-42-57,58-43-23-8-24-44-58)50-52-31-11-2-12-32-52/h1-48H,49-50H2. The van der Waals surface area contributed by atoms with Crippen LogP contribution in [-0.2, 0) is 31.2 Å². The quantitative estimate of drug-likeness (QED) is 0.0896. The molecule has 0 heterocycles. The van der Waals surface area contributed by atoms with E-state index in [-0.39, 0.29) is 33.2 Å². The number of benzene rings is 10. The molecule has 0 saturated heterocycles. The molecule has 10 aromatic carbocycles. The van der Waals surface area contributed by atoms with Gasteiger partial charge in [0.2, 0.25) is 0 Å². The molecule has 0 atom stereocenters. The van der Waals surface area contributed by atoms with Crippen LogP contribution in [0.1, 0.15) is 31.8 Å². The van der Waals surface area contributed by atoms with Gasteiger partial charge in [-0.15, -0.1) is 0 Å². The van der Waals surface area contributed by atoms with Crippen LogP contribution in [0.2, 0.25) is 0 Å². The minimum absolute atomic E-state index is 0.183. The minimum atomic E-state index is -4.72. The molecule has 0 bridgehead atoms. The summed E-state index contributed by atoms with van der Waals surface area (Å²) in [4.78, 5) is 31.0. The Hall–Kier alpha value is -8.05. The summed E-state index contributed by atoms with van der Waals surface area (Å²) in [6.07, 6.45) is 0.554. The number of hydrogen-bond donors (Lipinski definition) is 0. The van der Waals surface area contributed by atoms with E-state index in [9.17, 15) is 0 Å². The zero-order valence-electron chi connectivity index (χ0n) is 39.9. The van der Waals surface area contributed by atoms with Crippen LogP contribution in [0.3, 0.4) is 0 Å². The summed E-state index contributed by atoms with van der Waals surface area (Å²) >= 11 is 0. The molecule has 0 unspecified atom stereocenters. The van der Waals surface area contributed by atoms with Crippen molar-refractivity contribution in [3.63, 3.8) is 0 Å². The molecule has 10 rings (SSSR count). The van der Waals surface area contributed by atoms with Crippen molar-refractivity contribution in [1.29, 1.82) is 0 Å². The van der Waals surface area contributed by atoms with Gasteiger partial charge in [0.05, 0.1) is 0 Å². The van der Waals surface area contributed by atoms with Crippen LogP contribution in [0.15, 0.2) is 301 Å². The van der Waals surface area contributed by atoms with Crippen molar-refractivity contribution < 1.29 is 27.1 Å². The second-order valence-corrected chi connectivity index (χ2v) is 28.8. The zero-order chi connectivity index (χ0) is 50.2. The summed E-state index contributed by atoms with van der Waals surface area (Å²) in [5, 5.41) is 4.69. The molecule has 0 spiro atoms. The van der Waals surface area contributed by atoms with Gasteiger partial charge in [0, 0.05) is 0 Å². The Morgan fingerprint density at radius 2 is 0.493 bits per heavy atom. The Balaban J connectivity index is 1.16. The summed E-state index contributed by atoms with van der Waals surface area (Å²) in [5.41, 5.74) is 1.47. The third-order valence-electron chi connectivity index (χ3n) is 13.8. The Labute approximate surface area is 427 Å². The summed E-state index contributed by atoms with van der Waals surface area (Å²) < 4.78 is 46.5. The molecule has 9 heteroatoms. The normalized spacial score (nSPS) is 12.8. The molecular weight excluding hydrogens is 959 g/mol. The second-order valence-electron chi connectivity index (χ2n) is 18.0. The van der Waals surface area contributed by atoms with Crippen molar-refractivity contribution in [1.82, 2.24) is 0 Å². The molecule has 0 aromatic heterocycles. The van der Waals surface area contributed by atoms with E-state index < -0.39 is 35.4 Å². The Kier molecular flexibility index (Phi) is 13.5. The van der Waals surface area contributed by atoms with Gasteiger partial charge in [-0.1, -0.05) is 0 Å². The van der Waals surface area contributed by atoms with Crippen LogP contribution < -0.4 is 31.8 Å². The predicted molar refractivity (Wildman–Crippen MR) is 300 cm³/mol. The van der Waals surface area contributed by atoms with E-state index in [1.54, 1.807) is 24.3 Å². The molecule has 0 amide bonds. The average molecular weight is 1010 g/mol. The van der Waals surface area contributed by atoms with E-state index in [4.69, 9.17) is 9.05 Å². The molecule has 0 fully saturated rings. The molecule has 10 aromatic rings. The Bertz CT molecular complexity index is 3190. The van der Waals surface area contributed by atoms with Crippen molar-refractivity contribution in [3.8, 4) is 0 Å². The fourth-order valence-corrected chi connectivity index (χ4v) is 23.3. The number of rotatable bonds is 16. The van der Waals surface area contributed by atoms with Crippen molar-refractivity contribution in [3.05, 3.63) is 313 Å². The van der Waals surface area contributed by atoms with Gasteiger partial charge in [-0.05, 0) is 0 Å². The first-order chi connectivity index (χ1) is 35.7. The Morgan fingerprint density at radius 1 is 0.288 bits per heavy atom. The first kappa shape index (κ1) is 48.6. The molecule has 0 aliphatic carbocycles. The molecule has 0 radical (unpaired) electrons. The van der Waals surface area contributed by atoms with Crippen molar-refractivity contribution in [2.75, 3.05) is 0 Å². The van der Waals surface area contributed by atoms with Gasteiger partial charge >= 0.3 is 430 Å². The van der Waals surface area contributed by atoms with Gasteiger partial charge in [-0.25, -0.2) is 0 Å². The number of carbonyl (C=O) groups excluding carboxylic acids is 2. The van der Waals surface area contributed by atoms with Crippen LogP contribution in [0.5, 0.6) is 0 Å². The second kappa shape index (κ2) is 20.2. The first-order valence-electron chi connectivity index (χ1n) is 24.0. The van der Waals surface area contributed by atoms with Crippen molar-refractivity contribution >= 4 is 67.3 Å². The number of carbonyl (C=O) groups is 2. The van der Waals surface area contributed by atoms with Gasteiger partial charge < -0.3 is 0 Å². The van der Waals surface area contributed by atoms with Gasteiger partial charge in [0.25, 0.3) is 0 Å². The average Bonchev–Trinajstić information content (AvgIpc) is 3.47. The third-order valence-corrected chi connectivity index (χ3v) is 27.1. The number of hydrogen-bond acceptors (Lipinski definition) is 6. The summed E-state index contributed by atoms with van der Waals surface area (Å²) in [6.45, 7) is -8.95. The fraction of sp³-hybridized carbons (Fsp3) is 0.0312. The zero-order valence-corrected chi connectivity index (χ0v) is 42.5. The molecular formula is C64H52O6P2S. The van der Waals surface area contributed by atoms with Crippen molar-refractivity contribution in [2.24, 2.45) is 0 Å². The number of sulfone groups is 1. The van der Waals surface area contributed by atoms with Gasteiger partial charge in [0.1, 0.15) is 0 Å². The van der Waals surface area contributed by atoms with E-state index in [0.717, 1.165) is 43.0 Å². The SMILES string of the molecule is O=C(OP(Cc1ccccc1)(c1ccccc1)(c1ccccc1)c1ccccc1)c1ccccc1S(=O)(=O)c1ccccc1C(=O)OP(Cc1ccccc1)(c1ccccc1)(c1ccccc1)c1ccccc1. The third kappa shape index (κ3) is 8.50. The van der Waals surface area contributed by atoms with E-state index in [0.29, 0.717) is 0 Å². The summed E-state index contributed by atoms with van der Waals surface area (Å²) in [7, 11) is -4.72. The van der Waals surface area contributed by atoms with Gasteiger partial charge in [0.15, 0.2) is 0 Å². The molecule has 0 N–H and O–H groups in total. The van der Waals surface area contributed by atoms with Crippen LogP contribution in [0.4, 0.5) is 0 Å². The maximum absolute atomic E-state index is 15.8. The van der Waals surface area contributed by atoms with E-state index in [1.165, 1.54) is 24.3 Å². The first-order valence-corrected chi connectivity index (χ1v) is 30.2. The summed E-state index contributed by atoms with van der Waals surface area (Å²) in [5.74, 6) is -1.68. The molecule has 360 valence electrons. The van der Waals surface area contributed by atoms with Gasteiger partial charge in [-0.3, -0.25) is 0 Å². The van der Waals surface area contributed by atoms with E-state index >= 15 is 18.0 Å². The Morgan fingerprint density at radius 3 is 0.740 bits per heavy atom. The molecule has 0 aliphatic rings. The van der Waals surface area contributed by atoms with Crippen LogP contribution in [0, 0.1) is 0 Å². The molecule has 0 saturated carbocycles. The van der Waals surface area contributed by atoms with E-state index in [2.05, 4.69) is 0 Å². The maximum atomic E-state index is 15.8. The summed E-state index contributed by atoms with van der Waals surface area (Å²) in [6, 6.07) is 90.7. The van der Waals surface area contributed by atoms with Crippen LogP contribution >= 0.6 is 13.7 Å². The molecule has 6 nitrogen and oxygen atoms in total. The fourth-order valence-electron chi connectivity index (χ4n) is 10.5. The topological polar surface area (TPSA) is 86.7 Å². The van der Waals surface area contributed by atoms with E-state index in [1.807, 2.05) is 243 Å². The monoisotopic (exact) mass is 1010 g/mol. The predicted octanol–water partition coefficient (Wildman–Crippen LogP) is 12.1. The van der Waals surface area contributed by atoms with Crippen LogP contribution in [0.25, 0.3) is 0 Å². The van der Waals surface area contributed by atoms with Crippen LogP contribution in [-0.4, -0.2) is 20.4 Å². The van der Waals surface area contributed by atoms with Gasteiger partial charge in [-0.2, -0.15) is 0 Å². The molecule has 73 heavy (non-hydrogen) atoms.